The maximum Gasteiger partial charge on any atom is 0.408 e. The molecular formula is C25H32N4O5. The van der Waals surface area contributed by atoms with Crippen molar-refractivity contribution in [2.45, 2.75) is 58.8 Å². The van der Waals surface area contributed by atoms with Gasteiger partial charge in [-0.3, -0.25) is 19.4 Å². The minimum atomic E-state index is -1.02. The molecular weight excluding hydrogens is 436 g/mol. The van der Waals surface area contributed by atoms with Crippen LogP contribution in [0.5, 0.6) is 0 Å². The number of carbonyl (C=O) groups excluding carboxylic acids is 4. The summed E-state index contributed by atoms with van der Waals surface area (Å²) < 4.78 is 5.22. The number of hydrogen-bond donors (Lipinski definition) is 3. The van der Waals surface area contributed by atoms with Crippen LogP contribution in [0.15, 0.2) is 54.9 Å². The molecule has 2 aromatic rings. The molecule has 1 aromatic heterocycles. The van der Waals surface area contributed by atoms with Gasteiger partial charge >= 0.3 is 6.09 Å². The van der Waals surface area contributed by atoms with Crippen molar-refractivity contribution in [3.8, 4) is 0 Å². The van der Waals surface area contributed by atoms with Gasteiger partial charge in [0, 0.05) is 18.9 Å². The highest BCUT2D eigenvalue weighted by molar-refractivity contribution is 6.38. The van der Waals surface area contributed by atoms with E-state index < -0.39 is 35.8 Å². The van der Waals surface area contributed by atoms with Gasteiger partial charge < -0.3 is 20.7 Å². The summed E-state index contributed by atoms with van der Waals surface area (Å²) in [6.45, 7) is 5.72. The van der Waals surface area contributed by atoms with E-state index in [4.69, 9.17) is 4.74 Å². The second kappa shape index (κ2) is 13.7. The number of ketones is 1. The zero-order valence-electron chi connectivity index (χ0n) is 19.7. The number of hydrogen-bond acceptors (Lipinski definition) is 6. The molecule has 0 aliphatic carbocycles. The molecule has 2 atom stereocenters. The van der Waals surface area contributed by atoms with Crippen molar-refractivity contribution in [1.29, 1.82) is 0 Å². The standard InChI is InChI=1S/C25H32N4O5/c1-4-20(22(30)24(32)27-15-19-11-8-12-26-14-19)28-23(31)21(13-17(2)3)29-25(33)34-16-18-9-6-5-7-10-18/h5-12,14,17,20-21H,4,13,15-16H2,1-3H3,(H,27,32)(H,28,31)(H,29,33)/t20-,21-/m0/s1. The largest absolute Gasteiger partial charge is 0.445 e. The van der Waals surface area contributed by atoms with E-state index in [2.05, 4.69) is 20.9 Å². The summed E-state index contributed by atoms with van der Waals surface area (Å²) in [6, 6.07) is 10.7. The highest BCUT2D eigenvalue weighted by Crippen LogP contribution is 2.08. The van der Waals surface area contributed by atoms with Crippen LogP contribution in [0.3, 0.4) is 0 Å². The van der Waals surface area contributed by atoms with Crippen LogP contribution < -0.4 is 16.0 Å². The molecule has 0 aliphatic heterocycles. The SMILES string of the molecule is CC[C@H](NC(=O)[C@H](CC(C)C)NC(=O)OCc1ccccc1)C(=O)C(=O)NCc1cccnc1. The molecule has 0 spiro atoms. The number of rotatable bonds is 12. The molecule has 3 N–H and O–H groups in total. The molecule has 34 heavy (non-hydrogen) atoms. The van der Waals surface area contributed by atoms with Crippen molar-refractivity contribution >= 4 is 23.7 Å². The smallest absolute Gasteiger partial charge is 0.408 e. The Kier molecular flexibility index (Phi) is 10.7. The number of Topliss-reactive ketones (excluding diaryl/α,β-unsaturated/α-hetero) is 1. The van der Waals surface area contributed by atoms with Gasteiger partial charge in [-0.2, -0.15) is 0 Å². The molecule has 182 valence electrons. The summed E-state index contributed by atoms with van der Waals surface area (Å²) in [7, 11) is 0. The van der Waals surface area contributed by atoms with Crippen molar-refractivity contribution in [2.75, 3.05) is 0 Å². The average molecular weight is 469 g/mol. The van der Waals surface area contributed by atoms with Crippen LogP contribution in [-0.4, -0.2) is 40.8 Å². The summed E-state index contributed by atoms with van der Waals surface area (Å²) in [6.07, 6.45) is 3.02. The predicted octanol–water partition coefficient (Wildman–Crippen LogP) is 2.50. The average Bonchev–Trinajstić information content (AvgIpc) is 2.84. The van der Waals surface area contributed by atoms with Crippen LogP contribution in [-0.2, 0) is 32.3 Å². The Balaban J connectivity index is 1.93. The van der Waals surface area contributed by atoms with E-state index in [0.29, 0.717) is 6.42 Å². The zero-order chi connectivity index (χ0) is 24.9. The van der Waals surface area contributed by atoms with Gasteiger partial charge in [0.1, 0.15) is 12.6 Å². The molecule has 1 heterocycles. The lowest BCUT2D eigenvalue weighted by molar-refractivity contribution is -0.140. The highest BCUT2D eigenvalue weighted by Gasteiger charge is 2.29. The third-order valence-corrected chi connectivity index (χ3v) is 4.97. The van der Waals surface area contributed by atoms with E-state index in [-0.39, 0.29) is 25.5 Å². The monoisotopic (exact) mass is 468 g/mol. The minimum Gasteiger partial charge on any atom is -0.445 e. The van der Waals surface area contributed by atoms with Crippen molar-refractivity contribution in [3.05, 3.63) is 66.0 Å². The molecule has 0 saturated heterocycles. The van der Waals surface area contributed by atoms with E-state index in [1.807, 2.05) is 44.2 Å². The maximum atomic E-state index is 12.9. The first kappa shape index (κ1) is 26.5. The molecule has 2 rings (SSSR count). The number of aromatic nitrogens is 1. The third-order valence-electron chi connectivity index (χ3n) is 4.97. The van der Waals surface area contributed by atoms with E-state index in [1.165, 1.54) is 0 Å². The van der Waals surface area contributed by atoms with E-state index in [9.17, 15) is 19.2 Å². The summed E-state index contributed by atoms with van der Waals surface area (Å²) in [5, 5.41) is 7.71. The van der Waals surface area contributed by atoms with Crippen LogP contribution in [0, 0.1) is 5.92 Å². The molecule has 0 bridgehead atoms. The number of carbonyl (C=O) groups is 4. The van der Waals surface area contributed by atoms with Crippen LogP contribution in [0.2, 0.25) is 0 Å². The summed E-state index contributed by atoms with van der Waals surface area (Å²) >= 11 is 0. The van der Waals surface area contributed by atoms with Crippen molar-refractivity contribution in [2.24, 2.45) is 5.92 Å². The Hall–Kier alpha value is -3.75. The Morgan fingerprint density at radius 2 is 1.65 bits per heavy atom. The molecule has 9 heteroatoms. The molecule has 0 radical (unpaired) electrons. The fourth-order valence-corrected chi connectivity index (χ4v) is 3.17. The quantitative estimate of drug-likeness (QED) is 0.411. The normalized spacial score (nSPS) is 12.4. The number of benzene rings is 1. The van der Waals surface area contributed by atoms with E-state index in [1.54, 1.807) is 31.5 Å². The molecule has 1 aromatic carbocycles. The molecule has 9 nitrogen and oxygen atoms in total. The summed E-state index contributed by atoms with van der Waals surface area (Å²) in [5.74, 6) is -2.02. The highest BCUT2D eigenvalue weighted by atomic mass is 16.5. The second-order valence-electron chi connectivity index (χ2n) is 8.27. The summed E-state index contributed by atoms with van der Waals surface area (Å²) in [5.41, 5.74) is 1.56. The van der Waals surface area contributed by atoms with Gasteiger partial charge in [-0.05, 0) is 36.0 Å². The Bertz CT molecular complexity index is 950. The fraction of sp³-hybridized carbons (Fsp3) is 0.400. The number of alkyl carbamates (subject to hydrolysis) is 1. The first-order valence-electron chi connectivity index (χ1n) is 11.3. The van der Waals surface area contributed by atoms with Crippen LogP contribution in [0.1, 0.15) is 44.7 Å². The number of ether oxygens (including phenoxy) is 1. The molecule has 0 saturated carbocycles. The number of nitrogens with zero attached hydrogens (tertiary/aromatic N) is 1. The van der Waals surface area contributed by atoms with Crippen molar-refractivity contribution in [1.82, 2.24) is 20.9 Å². The van der Waals surface area contributed by atoms with Gasteiger partial charge in [0.05, 0.1) is 6.04 Å². The molecule has 0 fully saturated rings. The first-order chi connectivity index (χ1) is 16.3. The summed E-state index contributed by atoms with van der Waals surface area (Å²) in [4.78, 5) is 54.1. The fourth-order valence-electron chi connectivity index (χ4n) is 3.17. The Labute approximate surface area is 199 Å². The number of pyridine rings is 1. The van der Waals surface area contributed by atoms with Gasteiger partial charge in [0.25, 0.3) is 5.91 Å². The predicted molar refractivity (Wildman–Crippen MR) is 126 cm³/mol. The lowest BCUT2D eigenvalue weighted by Gasteiger charge is -2.23. The lowest BCUT2D eigenvalue weighted by Crippen LogP contribution is -2.54. The van der Waals surface area contributed by atoms with E-state index >= 15 is 0 Å². The Morgan fingerprint density at radius 3 is 2.26 bits per heavy atom. The Morgan fingerprint density at radius 1 is 0.941 bits per heavy atom. The van der Waals surface area contributed by atoms with Gasteiger partial charge in [-0.1, -0.05) is 57.2 Å². The van der Waals surface area contributed by atoms with Crippen molar-refractivity contribution < 1.29 is 23.9 Å². The molecule has 3 amide bonds. The lowest BCUT2D eigenvalue weighted by atomic mass is 10.0. The van der Waals surface area contributed by atoms with Gasteiger partial charge in [-0.25, -0.2) is 4.79 Å². The maximum absolute atomic E-state index is 12.9. The van der Waals surface area contributed by atoms with Crippen LogP contribution in [0.25, 0.3) is 0 Å². The van der Waals surface area contributed by atoms with Crippen molar-refractivity contribution in [3.63, 3.8) is 0 Å². The van der Waals surface area contributed by atoms with Gasteiger partial charge in [0.15, 0.2) is 0 Å². The molecule has 0 aliphatic rings. The topological polar surface area (TPSA) is 126 Å². The van der Waals surface area contributed by atoms with Crippen LogP contribution >= 0.6 is 0 Å². The zero-order valence-corrected chi connectivity index (χ0v) is 19.7. The minimum absolute atomic E-state index is 0.0653. The molecule has 0 unspecified atom stereocenters. The second-order valence-corrected chi connectivity index (χ2v) is 8.27. The first-order valence-corrected chi connectivity index (χ1v) is 11.3. The van der Waals surface area contributed by atoms with Gasteiger partial charge in [-0.15, -0.1) is 0 Å². The number of nitrogens with one attached hydrogen (secondary N) is 3. The van der Waals surface area contributed by atoms with Gasteiger partial charge in [0.2, 0.25) is 11.7 Å². The third kappa shape index (κ3) is 9.01. The van der Waals surface area contributed by atoms with Crippen LogP contribution in [0.4, 0.5) is 4.79 Å². The van der Waals surface area contributed by atoms with E-state index in [0.717, 1.165) is 11.1 Å². The number of amides is 3.